The molecule has 2 saturated heterocycles. The lowest BCUT2D eigenvalue weighted by molar-refractivity contribution is -0.160. The summed E-state index contributed by atoms with van der Waals surface area (Å²) in [6.45, 7) is 10.8. The van der Waals surface area contributed by atoms with E-state index in [2.05, 4.69) is 26.1 Å². The number of ether oxygens (including phenoxy) is 2. The average Bonchev–Trinajstić information content (AvgIpc) is 2.37. The fraction of sp³-hybridized carbons (Fsp3) is 1.00. The second kappa shape index (κ2) is 6.17. The zero-order valence-corrected chi connectivity index (χ0v) is 14.1. The topological polar surface area (TPSA) is 30.5 Å². The fourth-order valence-corrected chi connectivity index (χ4v) is 4.43. The summed E-state index contributed by atoms with van der Waals surface area (Å²) in [5.74, 6) is 2.71. The molecule has 3 aliphatic rings. The van der Waals surface area contributed by atoms with E-state index in [1.807, 2.05) is 0 Å². The maximum Gasteiger partial charge on any atom is 0.0729 e. The van der Waals surface area contributed by atoms with Gasteiger partial charge in [0.25, 0.3) is 0 Å². The highest BCUT2D eigenvalue weighted by Gasteiger charge is 2.45. The van der Waals surface area contributed by atoms with Gasteiger partial charge in [-0.2, -0.15) is 0 Å². The minimum absolute atomic E-state index is 0.165. The lowest BCUT2D eigenvalue weighted by Gasteiger charge is -2.50. The molecule has 0 aromatic heterocycles. The average molecular weight is 295 g/mol. The molecule has 1 spiro atoms. The second-order valence-electron chi connectivity index (χ2n) is 8.53. The van der Waals surface area contributed by atoms with Crippen molar-refractivity contribution in [3.05, 3.63) is 0 Å². The predicted molar refractivity (Wildman–Crippen MR) is 85.4 cm³/mol. The first-order valence-electron chi connectivity index (χ1n) is 8.94. The standard InChI is InChI=1S/C18H33NO2/c1-17(2,3)19-13-15-4-5-16(15)14-6-9-21-18(12-14)7-10-20-11-8-18/h14-16,19H,4-13H2,1-3H3. The molecule has 3 nitrogen and oxygen atoms in total. The summed E-state index contributed by atoms with van der Waals surface area (Å²) in [6.07, 6.45) is 7.64. The third kappa shape index (κ3) is 3.80. The fourth-order valence-electron chi connectivity index (χ4n) is 4.43. The summed E-state index contributed by atoms with van der Waals surface area (Å²) in [6, 6.07) is 0. The molecule has 1 N–H and O–H groups in total. The predicted octanol–water partition coefficient (Wildman–Crippen LogP) is 3.38. The smallest absolute Gasteiger partial charge is 0.0729 e. The Balaban J connectivity index is 1.54. The van der Waals surface area contributed by atoms with Crippen LogP contribution in [-0.2, 0) is 9.47 Å². The summed E-state index contributed by atoms with van der Waals surface area (Å²) in [4.78, 5) is 0. The Labute approximate surface area is 130 Å². The van der Waals surface area contributed by atoms with Crippen LogP contribution < -0.4 is 5.32 Å². The Morgan fingerprint density at radius 3 is 2.43 bits per heavy atom. The van der Waals surface area contributed by atoms with Gasteiger partial charge in [0.1, 0.15) is 0 Å². The molecule has 1 saturated carbocycles. The Hall–Kier alpha value is -0.120. The van der Waals surface area contributed by atoms with E-state index in [9.17, 15) is 0 Å². The van der Waals surface area contributed by atoms with E-state index < -0.39 is 0 Å². The second-order valence-corrected chi connectivity index (χ2v) is 8.53. The molecule has 2 heterocycles. The van der Waals surface area contributed by atoms with Crippen molar-refractivity contribution in [3.8, 4) is 0 Å². The molecule has 0 radical (unpaired) electrons. The Kier molecular flexibility index (Phi) is 4.63. The van der Waals surface area contributed by atoms with Gasteiger partial charge in [-0.3, -0.25) is 0 Å². The molecule has 21 heavy (non-hydrogen) atoms. The first-order chi connectivity index (χ1) is 9.98. The highest BCUT2D eigenvalue weighted by molar-refractivity contribution is 4.95. The van der Waals surface area contributed by atoms with Crippen LogP contribution in [0.4, 0.5) is 0 Å². The highest BCUT2D eigenvalue weighted by Crippen LogP contribution is 2.48. The van der Waals surface area contributed by atoms with Crippen LogP contribution in [-0.4, -0.2) is 37.5 Å². The van der Waals surface area contributed by atoms with E-state index in [1.54, 1.807) is 0 Å². The van der Waals surface area contributed by atoms with E-state index in [1.165, 1.54) is 32.2 Å². The van der Waals surface area contributed by atoms with E-state index in [4.69, 9.17) is 9.47 Å². The van der Waals surface area contributed by atoms with E-state index >= 15 is 0 Å². The highest BCUT2D eigenvalue weighted by atomic mass is 16.5. The van der Waals surface area contributed by atoms with Gasteiger partial charge in [-0.1, -0.05) is 0 Å². The summed E-state index contributed by atoms with van der Waals surface area (Å²) in [7, 11) is 0. The summed E-state index contributed by atoms with van der Waals surface area (Å²) in [5.41, 5.74) is 0.413. The van der Waals surface area contributed by atoms with Crippen LogP contribution in [0.25, 0.3) is 0 Å². The van der Waals surface area contributed by atoms with Gasteiger partial charge in [0.05, 0.1) is 5.60 Å². The normalized spacial score (nSPS) is 36.4. The monoisotopic (exact) mass is 295 g/mol. The van der Waals surface area contributed by atoms with Crippen LogP contribution in [0.2, 0.25) is 0 Å². The van der Waals surface area contributed by atoms with Crippen LogP contribution in [0.3, 0.4) is 0 Å². The lowest BCUT2D eigenvalue weighted by Crippen LogP contribution is -2.50. The molecule has 0 aromatic carbocycles. The van der Waals surface area contributed by atoms with Gasteiger partial charge in [-0.15, -0.1) is 0 Å². The molecule has 3 fully saturated rings. The molecule has 0 amide bonds. The third-order valence-corrected chi connectivity index (χ3v) is 5.91. The maximum absolute atomic E-state index is 6.21. The molecular weight excluding hydrogens is 262 g/mol. The van der Waals surface area contributed by atoms with Gasteiger partial charge < -0.3 is 14.8 Å². The molecule has 3 rings (SSSR count). The first-order valence-corrected chi connectivity index (χ1v) is 8.94. The van der Waals surface area contributed by atoms with Gasteiger partial charge in [-0.25, -0.2) is 0 Å². The molecule has 0 bridgehead atoms. The van der Waals surface area contributed by atoms with Gasteiger partial charge in [0.2, 0.25) is 0 Å². The molecule has 122 valence electrons. The first kappa shape index (κ1) is 15.8. The van der Waals surface area contributed by atoms with E-state index in [0.717, 1.165) is 50.4 Å². The summed E-state index contributed by atoms with van der Waals surface area (Å²) >= 11 is 0. The number of rotatable bonds is 3. The van der Waals surface area contributed by atoms with E-state index in [0.29, 0.717) is 0 Å². The van der Waals surface area contributed by atoms with Gasteiger partial charge >= 0.3 is 0 Å². The maximum atomic E-state index is 6.21. The zero-order valence-electron chi connectivity index (χ0n) is 14.1. The van der Waals surface area contributed by atoms with Crippen molar-refractivity contribution in [1.29, 1.82) is 0 Å². The molecule has 3 atom stereocenters. The number of hydrogen-bond acceptors (Lipinski definition) is 3. The molecular formula is C18H33NO2. The molecule has 3 unspecified atom stereocenters. The van der Waals surface area contributed by atoms with Crippen LogP contribution in [0.15, 0.2) is 0 Å². The third-order valence-electron chi connectivity index (χ3n) is 5.91. The van der Waals surface area contributed by atoms with Crippen LogP contribution in [0, 0.1) is 17.8 Å². The Morgan fingerprint density at radius 2 is 1.81 bits per heavy atom. The summed E-state index contributed by atoms with van der Waals surface area (Å²) < 4.78 is 11.7. The minimum Gasteiger partial charge on any atom is -0.381 e. The van der Waals surface area contributed by atoms with Crippen molar-refractivity contribution >= 4 is 0 Å². The van der Waals surface area contributed by atoms with Gasteiger partial charge in [0, 0.05) is 25.4 Å². The van der Waals surface area contributed by atoms with Crippen molar-refractivity contribution in [3.63, 3.8) is 0 Å². The van der Waals surface area contributed by atoms with Crippen LogP contribution >= 0.6 is 0 Å². The Morgan fingerprint density at radius 1 is 1.05 bits per heavy atom. The summed E-state index contributed by atoms with van der Waals surface area (Å²) in [5, 5.41) is 3.71. The molecule has 2 aliphatic heterocycles. The van der Waals surface area contributed by atoms with Crippen molar-refractivity contribution < 1.29 is 9.47 Å². The minimum atomic E-state index is 0.165. The molecule has 1 aliphatic carbocycles. The number of nitrogens with one attached hydrogen (secondary N) is 1. The zero-order chi connectivity index (χ0) is 14.9. The largest absolute Gasteiger partial charge is 0.381 e. The van der Waals surface area contributed by atoms with Gasteiger partial charge in [0.15, 0.2) is 0 Å². The van der Waals surface area contributed by atoms with Crippen molar-refractivity contribution in [2.75, 3.05) is 26.4 Å². The van der Waals surface area contributed by atoms with Crippen molar-refractivity contribution in [2.24, 2.45) is 17.8 Å². The number of hydrogen-bond donors (Lipinski definition) is 1. The van der Waals surface area contributed by atoms with Crippen molar-refractivity contribution in [1.82, 2.24) is 5.32 Å². The van der Waals surface area contributed by atoms with Crippen LogP contribution in [0.1, 0.15) is 59.3 Å². The van der Waals surface area contributed by atoms with Gasteiger partial charge in [-0.05, 0) is 83.6 Å². The quantitative estimate of drug-likeness (QED) is 0.866. The SMILES string of the molecule is CC(C)(C)NCC1CCC1C1CCOC2(CCOCC2)C1. The lowest BCUT2D eigenvalue weighted by atomic mass is 9.62. The molecule has 0 aromatic rings. The van der Waals surface area contributed by atoms with Crippen molar-refractivity contribution in [2.45, 2.75) is 70.4 Å². The van der Waals surface area contributed by atoms with E-state index in [-0.39, 0.29) is 11.1 Å². The Bertz CT molecular complexity index is 338. The van der Waals surface area contributed by atoms with Crippen LogP contribution in [0.5, 0.6) is 0 Å². The molecule has 3 heteroatoms.